The predicted octanol–water partition coefficient (Wildman–Crippen LogP) is 2.05. The van der Waals surface area contributed by atoms with E-state index in [4.69, 9.17) is 5.73 Å². The molecule has 0 spiro atoms. The molecule has 1 unspecified atom stereocenters. The van der Waals surface area contributed by atoms with E-state index in [1.807, 2.05) is 0 Å². The van der Waals surface area contributed by atoms with Crippen LogP contribution in [0.4, 0.5) is 8.78 Å². The number of halogens is 2. The van der Waals surface area contributed by atoms with Crippen molar-refractivity contribution >= 4 is 5.97 Å². The van der Waals surface area contributed by atoms with Gasteiger partial charge in [-0.05, 0) is 32.4 Å². The Labute approximate surface area is 98.2 Å². The fourth-order valence-electron chi connectivity index (χ4n) is 1.75. The Morgan fingerprint density at radius 2 is 2.12 bits per heavy atom. The van der Waals surface area contributed by atoms with Crippen LogP contribution >= 0.6 is 0 Å². The second kappa shape index (κ2) is 5.23. The Morgan fingerprint density at radius 1 is 1.47 bits per heavy atom. The highest BCUT2D eigenvalue weighted by molar-refractivity contribution is 5.80. The fraction of sp³-hybridized carbons (Fsp3) is 0.417. The van der Waals surface area contributed by atoms with Crippen LogP contribution in [0.2, 0.25) is 0 Å². The van der Waals surface area contributed by atoms with Gasteiger partial charge >= 0.3 is 5.97 Å². The predicted molar refractivity (Wildman–Crippen MR) is 59.6 cm³/mol. The van der Waals surface area contributed by atoms with Crippen LogP contribution in [0.3, 0.4) is 0 Å². The van der Waals surface area contributed by atoms with Crippen LogP contribution in [0, 0.1) is 11.6 Å². The monoisotopic (exact) mass is 243 g/mol. The van der Waals surface area contributed by atoms with E-state index in [-0.39, 0.29) is 12.0 Å². The number of aliphatic carboxylic acids is 1. The summed E-state index contributed by atoms with van der Waals surface area (Å²) in [7, 11) is 0. The maximum absolute atomic E-state index is 13.6. The van der Waals surface area contributed by atoms with Crippen molar-refractivity contribution < 1.29 is 18.7 Å². The van der Waals surface area contributed by atoms with E-state index in [1.165, 1.54) is 13.0 Å². The summed E-state index contributed by atoms with van der Waals surface area (Å²) >= 11 is 0. The lowest BCUT2D eigenvalue weighted by atomic mass is 9.78. The molecule has 1 aromatic carbocycles. The third-order valence-corrected chi connectivity index (χ3v) is 2.88. The molecule has 0 amide bonds. The molecule has 3 N–H and O–H groups in total. The van der Waals surface area contributed by atoms with Gasteiger partial charge in [0.25, 0.3) is 0 Å². The lowest BCUT2D eigenvalue weighted by molar-refractivity contribution is -0.143. The van der Waals surface area contributed by atoms with Gasteiger partial charge in [0.05, 0.1) is 5.41 Å². The van der Waals surface area contributed by atoms with Crippen molar-refractivity contribution in [3.05, 3.63) is 35.4 Å². The van der Waals surface area contributed by atoms with Crippen LogP contribution in [0.1, 0.15) is 25.3 Å². The largest absolute Gasteiger partial charge is 0.481 e. The molecule has 1 atom stereocenters. The maximum Gasteiger partial charge on any atom is 0.313 e. The van der Waals surface area contributed by atoms with Gasteiger partial charge in [-0.25, -0.2) is 8.78 Å². The van der Waals surface area contributed by atoms with E-state index in [2.05, 4.69) is 0 Å². The zero-order valence-electron chi connectivity index (χ0n) is 9.54. The molecule has 0 aliphatic carbocycles. The van der Waals surface area contributed by atoms with Crippen LogP contribution < -0.4 is 5.73 Å². The van der Waals surface area contributed by atoms with Crippen LogP contribution in [0.15, 0.2) is 18.2 Å². The highest BCUT2D eigenvalue weighted by atomic mass is 19.1. The molecular formula is C12H15F2NO2. The normalized spacial score (nSPS) is 14.4. The van der Waals surface area contributed by atoms with Gasteiger partial charge in [0.15, 0.2) is 0 Å². The summed E-state index contributed by atoms with van der Waals surface area (Å²) in [5, 5.41) is 9.21. The third-order valence-electron chi connectivity index (χ3n) is 2.88. The summed E-state index contributed by atoms with van der Waals surface area (Å²) < 4.78 is 26.4. The molecule has 0 aliphatic heterocycles. The molecule has 17 heavy (non-hydrogen) atoms. The lowest BCUT2D eigenvalue weighted by Crippen LogP contribution is -2.34. The first-order valence-corrected chi connectivity index (χ1v) is 5.31. The van der Waals surface area contributed by atoms with E-state index >= 15 is 0 Å². The molecule has 1 aromatic rings. The number of hydrogen-bond acceptors (Lipinski definition) is 2. The van der Waals surface area contributed by atoms with Crippen molar-refractivity contribution in [3.63, 3.8) is 0 Å². The van der Waals surface area contributed by atoms with Crippen molar-refractivity contribution in [2.75, 3.05) is 6.54 Å². The van der Waals surface area contributed by atoms with E-state index in [0.717, 1.165) is 6.07 Å². The summed E-state index contributed by atoms with van der Waals surface area (Å²) in [4.78, 5) is 11.3. The zero-order valence-corrected chi connectivity index (χ0v) is 9.54. The maximum atomic E-state index is 13.6. The van der Waals surface area contributed by atoms with Gasteiger partial charge in [-0.2, -0.15) is 0 Å². The van der Waals surface area contributed by atoms with Crippen LogP contribution in [-0.2, 0) is 10.2 Å². The summed E-state index contributed by atoms with van der Waals surface area (Å²) in [6.07, 6.45) is 0.668. The van der Waals surface area contributed by atoms with Crippen LogP contribution in [-0.4, -0.2) is 17.6 Å². The minimum atomic E-state index is -1.38. The van der Waals surface area contributed by atoms with Gasteiger partial charge in [0.2, 0.25) is 0 Å². The number of benzene rings is 1. The molecular weight excluding hydrogens is 228 g/mol. The zero-order chi connectivity index (χ0) is 13.1. The lowest BCUT2D eigenvalue weighted by Gasteiger charge is -2.25. The molecule has 0 saturated heterocycles. The minimum Gasteiger partial charge on any atom is -0.481 e. The first-order valence-electron chi connectivity index (χ1n) is 5.31. The third kappa shape index (κ3) is 2.79. The van der Waals surface area contributed by atoms with E-state index in [0.29, 0.717) is 19.0 Å². The average molecular weight is 243 g/mol. The second-order valence-corrected chi connectivity index (χ2v) is 4.15. The molecule has 3 nitrogen and oxygen atoms in total. The molecule has 0 aromatic heterocycles. The van der Waals surface area contributed by atoms with Gasteiger partial charge in [0.1, 0.15) is 11.6 Å². The number of rotatable bonds is 5. The average Bonchev–Trinajstić information content (AvgIpc) is 2.25. The summed E-state index contributed by atoms with van der Waals surface area (Å²) in [6.45, 7) is 1.74. The van der Waals surface area contributed by atoms with Crippen molar-refractivity contribution in [3.8, 4) is 0 Å². The topological polar surface area (TPSA) is 63.3 Å². The summed E-state index contributed by atoms with van der Waals surface area (Å²) in [5.41, 5.74) is 3.94. The molecule has 1 rings (SSSR count). The van der Waals surface area contributed by atoms with E-state index in [1.54, 1.807) is 0 Å². The van der Waals surface area contributed by atoms with Crippen LogP contribution in [0.25, 0.3) is 0 Å². The molecule has 0 heterocycles. The first kappa shape index (κ1) is 13.6. The molecule has 0 bridgehead atoms. The van der Waals surface area contributed by atoms with E-state index in [9.17, 15) is 18.7 Å². The second-order valence-electron chi connectivity index (χ2n) is 4.15. The quantitative estimate of drug-likeness (QED) is 0.831. The Balaban J connectivity index is 3.17. The van der Waals surface area contributed by atoms with Gasteiger partial charge in [-0.15, -0.1) is 0 Å². The van der Waals surface area contributed by atoms with Gasteiger partial charge in [0, 0.05) is 11.6 Å². The highest BCUT2D eigenvalue weighted by Gasteiger charge is 2.36. The van der Waals surface area contributed by atoms with Gasteiger partial charge in [-0.3, -0.25) is 4.79 Å². The summed E-state index contributed by atoms with van der Waals surface area (Å²) in [6, 6.07) is 2.93. The molecule has 5 heteroatoms. The molecule has 0 aliphatic rings. The Hall–Kier alpha value is -1.49. The number of hydrogen-bond donors (Lipinski definition) is 2. The van der Waals surface area contributed by atoms with Crippen molar-refractivity contribution in [2.45, 2.75) is 25.2 Å². The Bertz CT molecular complexity index is 423. The Morgan fingerprint density at radius 3 is 2.59 bits per heavy atom. The highest BCUT2D eigenvalue weighted by Crippen LogP contribution is 2.31. The van der Waals surface area contributed by atoms with Crippen molar-refractivity contribution in [1.82, 2.24) is 0 Å². The minimum absolute atomic E-state index is 0.0140. The van der Waals surface area contributed by atoms with Gasteiger partial charge < -0.3 is 10.8 Å². The van der Waals surface area contributed by atoms with Crippen LogP contribution in [0.5, 0.6) is 0 Å². The molecule has 0 fully saturated rings. The molecule has 0 radical (unpaired) electrons. The standard InChI is InChI=1S/C12H15F2NO2/c1-12(11(16)17,5-2-6-15)9-4-3-8(13)7-10(9)14/h3-4,7H,2,5-6,15H2,1H3,(H,16,17). The summed E-state index contributed by atoms with van der Waals surface area (Å²) in [5.74, 6) is -2.71. The van der Waals surface area contributed by atoms with Crippen molar-refractivity contribution in [2.24, 2.45) is 5.73 Å². The first-order chi connectivity index (χ1) is 7.91. The fourth-order valence-corrected chi connectivity index (χ4v) is 1.75. The van der Waals surface area contributed by atoms with Crippen molar-refractivity contribution in [1.29, 1.82) is 0 Å². The molecule has 0 saturated carbocycles. The Kier molecular flexibility index (Phi) is 4.17. The number of carbonyl (C=O) groups is 1. The number of carboxylic acids is 1. The smallest absolute Gasteiger partial charge is 0.313 e. The number of carboxylic acid groups (broad SMARTS) is 1. The number of nitrogens with two attached hydrogens (primary N) is 1. The SMILES string of the molecule is CC(CCCN)(C(=O)O)c1ccc(F)cc1F. The molecule has 94 valence electrons. The van der Waals surface area contributed by atoms with Gasteiger partial charge in [-0.1, -0.05) is 6.07 Å². The van der Waals surface area contributed by atoms with E-state index < -0.39 is 23.0 Å².